The highest BCUT2D eigenvalue weighted by Crippen LogP contribution is 2.29. The minimum absolute atomic E-state index is 0.0352. The number of likely N-dealkylation sites (tertiary alicyclic amines) is 1. The van der Waals surface area contributed by atoms with Crippen LogP contribution in [-0.4, -0.2) is 55.9 Å². The third kappa shape index (κ3) is 5.24. The predicted molar refractivity (Wildman–Crippen MR) is 128 cm³/mol. The van der Waals surface area contributed by atoms with E-state index in [1.165, 1.54) is 6.33 Å². The van der Waals surface area contributed by atoms with E-state index < -0.39 is 0 Å². The first-order valence-corrected chi connectivity index (χ1v) is 11.3. The van der Waals surface area contributed by atoms with Gasteiger partial charge in [0.1, 0.15) is 17.8 Å². The Morgan fingerprint density at radius 2 is 1.89 bits per heavy atom. The number of hydrogen-bond donors (Lipinski definition) is 0. The molecule has 1 amide bonds. The van der Waals surface area contributed by atoms with Crippen molar-refractivity contribution in [1.82, 2.24) is 29.8 Å². The maximum absolute atomic E-state index is 13.3. The van der Waals surface area contributed by atoms with E-state index in [9.17, 15) is 4.79 Å². The molecule has 0 spiro atoms. The second-order valence-electron chi connectivity index (χ2n) is 8.21. The van der Waals surface area contributed by atoms with Crippen molar-refractivity contribution in [2.24, 2.45) is 0 Å². The first-order chi connectivity index (χ1) is 17.2. The van der Waals surface area contributed by atoms with Crippen molar-refractivity contribution in [2.75, 3.05) is 20.2 Å². The molecule has 0 N–H and O–H groups in total. The second-order valence-corrected chi connectivity index (χ2v) is 8.21. The number of amides is 1. The molecule has 5 rings (SSSR count). The van der Waals surface area contributed by atoms with Crippen molar-refractivity contribution in [3.63, 3.8) is 0 Å². The Kier molecular flexibility index (Phi) is 6.56. The third-order valence-corrected chi connectivity index (χ3v) is 5.88. The Balaban J connectivity index is 1.30. The number of carbonyl (C=O) groups is 1. The molecule has 4 aromatic rings. The first-order valence-electron chi connectivity index (χ1n) is 11.3. The summed E-state index contributed by atoms with van der Waals surface area (Å²) in [7, 11) is 1.61. The minimum Gasteiger partial charge on any atom is -0.497 e. The number of nitrogens with zero attached hydrogens (tertiary/aromatic N) is 6. The zero-order valence-corrected chi connectivity index (χ0v) is 19.2. The first kappa shape index (κ1) is 22.4. The topological polar surface area (TPSA) is 103 Å². The number of pyridine rings is 1. The number of benzene rings is 1. The van der Waals surface area contributed by atoms with E-state index >= 15 is 0 Å². The van der Waals surface area contributed by atoms with Gasteiger partial charge in [-0.1, -0.05) is 6.07 Å². The fourth-order valence-electron chi connectivity index (χ4n) is 4.13. The van der Waals surface area contributed by atoms with Crippen LogP contribution in [0.5, 0.6) is 17.4 Å². The van der Waals surface area contributed by atoms with Crippen molar-refractivity contribution in [2.45, 2.75) is 18.8 Å². The van der Waals surface area contributed by atoms with Gasteiger partial charge in [-0.15, -0.1) is 0 Å². The SMILES string of the molecule is COc1cccc(Oc2cncc(C3CCCN(C(=O)c4ccnc(-c5cncnc5)c4)C3)n2)c1. The molecule has 1 saturated heterocycles. The van der Waals surface area contributed by atoms with E-state index in [1.54, 1.807) is 56.3 Å². The van der Waals surface area contributed by atoms with Gasteiger partial charge in [-0.3, -0.25) is 14.8 Å². The molecule has 1 aliphatic heterocycles. The van der Waals surface area contributed by atoms with Gasteiger partial charge in [0.05, 0.1) is 24.7 Å². The Hall–Kier alpha value is -4.40. The number of piperidine rings is 1. The van der Waals surface area contributed by atoms with Crippen LogP contribution in [0.3, 0.4) is 0 Å². The van der Waals surface area contributed by atoms with E-state index in [2.05, 4.69) is 24.9 Å². The van der Waals surface area contributed by atoms with Crippen LogP contribution in [0.25, 0.3) is 11.3 Å². The molecule has 9 heteroatoms. The Morgan fingerprint density at radius 1 is 1.03 bits per heavy atom. The van der Waals surface area contributed by atoms with Crippen molar-refractivity contribution >= 4 is 5.91 Å². The summed E-state index contributed by atoms with van der Waals surface area (Å²) in [5.74, 6) is 1.76. The maximum atomic E-state index is 13.3. The van der Waals surface area contributed by atoms with Crippen LogP contribution in [0.1, 0.15) is 34.8 Å². The standard InChI is InChI=1S/C26H24N6O3/c1-34-21-5-2-6-22(11-21)35-25-15-27-14-24(31-25)19-4-3-9-32(16-19)26(33)18-7-8-30-23(10-18)20-12-28-17-29-13-20/h2,5-8,10-15,17,19H,3-4,9,16H2,1H3. The van der Waals surface area contributed by atoms with Crippen LogP contribution in [-0.2, 0) is 0 Å². The van der Waals surface area contributed by atoms with E-state index in [0.717, 1.165) is 24.1 Å². The predicted octanol–water partition coefficient (Wildman–Crippen LogP) is 4.15. The molecule has 1 aromatic carbocycles. The number of rotatable bonds is 6. The fourth-order valence-corrected chi connectivity index (χ4v) is 4.13. The van der Waals surface area contributed by atoms with Crippen molar-refractivity contribution in [3.8, 4) is 28.6 Å². The Bertz CT molecular complexity index is 1320. The molecule has 0 aliphatic carbocycles. The van der Waals surface area contributed by atoms with Crippen LogP contribution in [0.15, 0.2) is 73.7 Å². The van der Waals surface area contributed by atoms with Crippen molar-refractivity contribution < 1.29 is 14.3 Å². The summed E-state index contributed by atoms with van der Waals surface area (Å²) in [5, 5.41) is 0. The van der Waals surface area contributed by atoms with Gasteiger partial charge in [-0.2, -0.15) is 0 Å². The quantitative estimate of drug-likeness (QED) is 0.416. The average molecular weight is 469 g/mol. The molecule has 3 aromatic heterocycles. The average Bonchev–Trinajstić information content (AvgIpc) is 2.93. The van der Waals surface area contributed by atoms with Gasteiger partial charge in [0.25, 0.3) is 5.91 Å². The largest absolute Gasteiger partial charge is 0.497 e. The second kappa shape index (κ2) is 10.3. The van der Waals surface area contributed by atoms with Gasteiger partial charge in [-0.25, -0.2) is 15.0 Å². The lowest BCUT2D eigenvalue weighted by atomic mass is 9.94. The van der Waals surface area contributed by atoms with Crippen molar-refractivity contribution in [1.29, 1.82) is 0 Å². The number of hydrogen-bond acceptors (Lipinski definition) is 8. The molecule has 35 heavy (non-hydrogen) atoms. The summed E-state index contributed by atoms with van der Waals surface area (Å²) < 4.78 is 11.2. The summed E-state index contributed by atoms with van der Waals surface area (Å²) in [4.78, 5) is 36.6. The fraction of sp³-hybridized carbons (Fsp3) is 0.231. The highest BCUT2D eigenvalue weighted by molar-refractivity contribution is 5.95. The molecule has 0 bridgehead atoms. The zero-order chi connectivity index (χ0) is 24.0. The molecule has 0 radical (unpaired) electrons. The lowest BCUT2D eigenvalue weighted by Gasteiger charge is -2.32. The molecular formula is C26H24N6O3. The molecule has 1 atom stereocenters. The van der Waals surface area contributed by atoms with E-state index in [4.69, 9.17) is 9.47 Å². The molecule has 0 saturated carbocycles. The van der Waals surface area contributed by atoms with E-state index in [0.29, 0.717) is 41.7 Å². The monoisotopic (exact) mass is 468 g/mol. The van der Waals surface area contributed by atoms with Crippen LogP contribution < -0.4 is 9.47 Å². The van der Waals surface area contributed by atoms with Crippen LogP contribution in [0, 0.1) is 0 Å². The zero-order valence-electron chi connectivity index (χ0n) is 19.2. The third-order valence-electron chi connectivity index (χ3n) is 5.88. The lowest BCUT2D eigenvalue weighted by Crippen LogP contribution is -2.39. The number of methoxy groups -OCH3 is 1. The Labute approximate surface area is 202 Å². The van der Waals surface area contributed by atoms with E-state index in [1.807, 2.05) is 23.1 Å². The summed E-state index contributed by atoms with van der Waals surface area (Å²) in [6.07, 6.45) is 11.6. The normalized spacial score (nSPS) is 15.5. The van der Waals surface area contributed by atoms with Crippen LogP contribution >= 0.6 is 0 Å². The summed E-state index contributed by atoms with van der Waals surface area (Å²) in [5.41, 5.74) is 2.82. The van der Waals surface area contributed by atoms with Gasteiger partial charge in [0, 0.05) is 61.0 Å². The molecule has 1 aliphatic rings. The molecule has 9 nitrogen and oxygen atoms in total. The highest BCUT2D eigenvalue weighted by Gasteiger charge is 2.27. The van der Waals surface area contributed by atoms with Gasteiger partial charge in [0.15, 0.2) is 0 Å². The van der Waals surface area contributed by atoms with Crippen LogP contribution in [0.4, 0.5) is 0 Å². The molecule has 4 heterocycles. The smallest absolute Gasteiger partial charge is 0.254 e. The van der Waals surface area contributed by atoms with Crippen LogP contribution in [0.2, 0.25) is 0 Å². The van der Waals surface area contributed by atoms with Gasteiger partial charge < -0.3 is 14.4 Å². The molecule has 176 valence electrons. The summed E-state index contributed by atoms with van der Waals surface area (Å²) >= 11 is 0. The molecule has 1 fully saturated rings. The van der Waals surface area contributed by atoms with Crippen molar-refractivity contribution in [3.05, 3.63) is 85.0 Å². The minimum atomic E-state index is -0.0352. The lowest BCUT2D eigenvalue weighted by molar-refractivity contribution is 0.0705. The molecule has 1 unspecified atom stereocenters. The van der Waals surface area contributed by atoms with Gasteiger partial charge >= 0.3 is 0 Å². The Morgan fingerprint density at radius 3 is 2.74 bits per heavy atom. The number of ether oxygens (including phenoxy) is 2. The number of carbonyl (C=O) groups excluding carboxylic acids is 1. The van der Waals surface area contributed by atoms with Gasteiger partial charge in [-0.05, 0) is 37.1 Å². The molecular weight excluding hydrogens is 444 g/mol. The van der Waals surface area contributed by atoms with Gasteiger partial charge in [0.2, 0.25) is 5.88 Å². The maximum Gasteiger partial charge on any atom is 0.254 e. The summed E-state index contributed by atoms with van der Waals surface area (Å²) in [6, 6.07) is 10.9. The summed E-state index contributed by atoms with van der Waals surface area (Å²) in [6.45, 7) is 1.25. The highest BCUT2D eigenvalue weighted by atomic mass is 16.5. The number of aromatic nitrogens is 5. The van der Waals surface area contributed by atoms with E-state index in [-0.39, 0.29) is 11.8 Å².